The molecule has 0 N–H and O–H groups in total. The van der Waals surface area contributed by atoms with Crippen LogP contribution in [0.4, 0.5) is 0 Å². The Morgan fingerprint density at radius 3 is 1.19 bits per heavy atom. The highest BCUT2D eigenvalue weighted by molar-refractivity contribution is 6.67. The van der Waals surface area contributed by atoms with E-state index >= 15 is 0 Å². The number of ether oxygens (including phenoxy) is 3. The van der Waals surface area contributed by atoms with Gasteiger partial charge in [-0.1, -0.05) is 238 Å². The van der Waals surface area contributed by atoms with Gasteiger partial charge in [0.05, 0.1) is 16.6 Å². The molecule has 2 heterocycles. The summed E-state index contributed by atoms with van der Waals surface area (Å²) in [7, 11) is 0.842. The van der Waals surface area contributed by atoms with E-state index in [1.165, 1.54) is 76.8 Å². The van der Waals surface area contributed by atoms with E-state index < -0.39 is 20.7 Å². The molecular weight excluding hydrogens is 917 g/mol. The summed E-state index contributed by atoms with van der Waals surface area (Å²) in [5.41, 5.74) is 16.4. The number of rotatable bonds is 7. The van der Waals surface area contributed by atoms with Gasteiger partial charge in [0.15, 0.2) is 11.2 Å². The zero-order valence-corrected chi connectivity index (χ0v) is 44.1. The van der Waals surface area contributed by atoms with E-state index in [1.807, 2.05) is 12.1 Å². The molecule has 0 saturated heterocycles. The summed E-state index contributed by atoms with van der Waals surface area (Å²) in [6.45, 7) is 11.6. The third-order valence-corrected chi connectivity index (χ3v) is 18.8. The summed E-state index contributed by atoms with van der Waals surface area (Å²) in [6.07, 6.45) is 9.30. The molecule has 10 aromatic carbocycles. The van der Waals surface area contributed by atoms with Crippen molar-refractivity contribution in [2.24, 2.45) is 0 Å². The highest BCUT2D eigenvalue weighted by atomic mass is 28.2. The van der Waals surface area contributed by atoms with Crippen LogP contribution in [0.3, 0.4) is 0 Å². The van der Waals surface area contributed by atoms with Crippen molar-refractivity contribution in [2.75, 3.05) is 7.11 Å². The third-order valence-electron chi connectivity index (χ3n) is 17.1. The zero-order valence-electron chi connectivity index (χ0n) is 42.7. The molecule has 14 rings (SSSR count). The number of hydrogen-bond acceptors (Lipinski definition) is 3. The fourth-order valence-electron chi connectivity index (χ4n) is 13.4. The molecule has 4 aliphatic rings. The van der Waals surface area contributed by atoms with Gasteiger partial charge in [-0.15, -0.1) is 0 Å². The van der Waals surface area contributed by atoms with Crippen LogP contribution in [0, 0.1) is 6.92 Å². The van der Waals surface area contributed by atoms with Crippen LogP contribution < -0.4 is 24.6 Å². The molecule has 0 bridgehead atoms. The summed E-state index contributed by atoms with van der Waals surface area (Å²) >= 11 is 0. The van der Waals surface area contributed by atoms with Gasteiger partial charge in [0.25, 0.3) is 0 Å². The average Bonchev–Trinajstić information content (AvgIpc) is 3.84. The minimum absolute atomic E-state index is 0.190. The predicted octanol–water partition coefficient (Wildman–Crippen LogP) is 14.7. The van der Waals surface area contributed by atoms with Crippen molar-refractivity contribution in [2.45, 2.75) is 56.7 Å². The first kappa shape index (κ1) is 44.5. The molecule has 0 radical (unpaired) electrons. The Kier molecular flexibility index (Phi) is 9.72. The lowest BCUT2D eigenvalue weighted by Crippen LogP contribution is -2.36. The number of fused-ring (bicyclic) bond motifs is 16. The molecule has 0 amide bonds. The van der Waals surface area contributed by atoms with Crippen LogP contribution in [-0.4, -0.2) is 16.6 Å². The van der Waals surface area contributed by atoms with E-state index in [4.69, 9.17) is 14.2 Å². The molecular formula is C70H56O3Si. The molecule has 0 aromatic heterocycles. The maximum atomic E-state index is 7.64. The largest absolute Gasteiger partial charge is 0.497 e. The summed E-state index contributed by atoms with van der Waals surface area (Å²) in [5.74, 6) is 2.68. The van der Waals surface area contributed by atoms with E-state index in [-0.39, 0.29) is 10.8 Å². The van der Waals surface area contributed by atoms with Crippen LogP contribution in [0.1, 0.15) is 88.9 Å². The lowest BCUT2D eigenvalue weighted by Gasteiger charge is -2.38. The van der Waals surface area contributed by atoms with Gasteiger partial charge in [-0.2, -0.15) is 0 Å². The van der Waals surface area contributed by atoms with Gasteiger partial charge in [-0.3, -0.25) is 0 Å². The van der Waals surface area contributed by atoms with Gasteiger partial charge < -0.3 is 14.2 Å². The molecule has 2 atom stereocenters. The van der Waals surface area contributed by atoms with Crippen molar-refractivity contribution in [3.8, 4) is 39.5 Å². The Balaban J connectivity index is 0.826. The second-order valence-electron chi connectivity index (χ2n) is 21.9. The summed E-state index contributed by atoms with van der Waals surface area (Å²) < 4.78 is 20.9. The molecule has 0 fully saturated rings. The molecule has 358 valence electrons. The molecule has 2 aliphatic heterocycles. The van der Waals surface area contributed by atoms with Crippen LogP contribution in [0.5, 0.6) is 17.2 Å². The van der Waals surface area contributed by atoms with Gasteiger partial charge in [0.1, 0.15) is 17.2 Å². The molecule has 10 aromatic rings. The Labute approximate surface area is 436 Å². The van der Waals surface area contributed by atoms with Crippen LogP contribution >= 0.6 is 0 Å². The summed E-state index contributed by atoms with van der Waals surface area (Å²) in [5, 5.41) is 7.43. The van der Waals surface area contributed by atoms with E-state index in [0.717, 1.165) is 55.8 Å². The SMILES string of the molecule is COc1ccc(C2(c3ccc([SiH2]c4ccc(C5(c6ccc(C)cc6)C=Cc6c7c(c8ccccc8c6O5)-c5ccccc5C7(C)C)cc4)cc3)C=Cc3c4c(c5ccccc5c3O2)-c2ccccc2C4(C)C)cc1. The van der Waals surface area contributed by atoms with Crippen molar-refractivity contribution < 1.29 is 14.2 Å². The Morgan fingerprint density at radius 2 is 0.770 bits per heavy atom. The molecule has 2 unspecified atom stereocenters. The topological polar surface area (TPSA) is 27.7 Å². The molecule has 4 heteroatoms. The van der Waals surface area contributed by atoms with Gasteiger partial charge in [-0.05, 0) is 86.5 Å². The highest BCUT2D eigenvalue weighted by Gasteiger charge is 2.46. The van der Waals surface area contributed by atoms with Crippen LogP contribution in [-0.2, 0) is 22.0 Å². The summed E-state index contributed by atoms with van der Waals surface area (Å²) in [4.78, 5) is 0. The Hall–Kier alpha value is -8.18. The van der Waals surface area contributed by atoms with Crippen molar-refractivity contribution >= 4 is 53.6 Å². The van der Waals surface area contributed by atoms with Crippen LogP contribution in [0.25, 0.3) is 56.0 Å². The number of methoxy groups -OCH3 is 1. The van der Waals surface area contributed by atoms with Crippen molar-refractivity contribution in [3.63, 3.8) is 0 Å². The van der Waals surface area contributed by atoms with Gasteiger partial charge in [-0.25, -0.2) is 0 Å². The van der Waals surface area contributed by atoms with E-state index in [9.17, 15) is 0 Å². The average molecular weight is 973 g/mol. The van der Waals surface area contributed by atoms with Crippen LogP contribution in [0.15, 0.2) is 206 Å². The van der Waals surface area contributed by atoms with Crippen molar-refractivity contribution in [1.29, 1.82) is 0 Å². The zero-order chi connectivity index (χ0) is 50.1. The first-order chi connectivity index (χ1) is 36.0. The monoisotopic (exact) mass is 972 g/mol. The second kappa shape index (κ2) is 16.2. The van der Waals surface area contributed by atoms with Gasteiger partial charge in [0.2, 0.25) is 0 Å². The van der Waals surface area contributed by atoms with E-state index in [1.54, 1.807) is 7.11 Å². The maximum absolute atomic E-state index is 7.64. The molecule has 3 nitrogen and oxygen atoms in total. The number of hydrogen-bond donors (Lipinski definition) is 0. The quantitative estimate of drug-likeness (QED) is 0.149. The standard InChI is InChI=1S/C70H56O3Si/c1-43-23-25-44(26-24-43)69(41-39-57-63-61(51-15-7-9-17-53(51)65(57)72-69)55-19-11-13-21-59(55)67(63,2)3)46-29-35-49(36-30-46)74-50-37-31-47(32-38-50)70(45-27-33-48(71-6)34-28-45)42-40-58-64-62(52-16-8-10-18-54(52)66(58)73-70)56-20-12-14-22-60(56)68(64,4)5/h7-42H,74H2,1-6H3. The van der Waals surface area contributed by atoms with Gasteiger partial charge >= 0.3 is 0 Å². The third kappa shape index (κ3) is 6.31. The fraction of sp³-hybridized carbons (Fsp3) is 0.143. The normalized spacial score (nSPS) is 19.1. The molecule has 0 saturated carbocycles. The van der Waals surface area contributed by atoms with Gasteiger partial charge in [0, 0.05) is 55.0 Å². The lowest BCUT2D eigenvalue weighted by molar-refractivity contribution is 0.163. The van der Waals surface area contributed by atoms with E-state index in [2.05, 4.69) is 241 Å². The minimum Gasteiger partial charge on any atom is -0.497 e. The first-order valence-electron chi connectivity index (χ1n) is 26.1. The Bertz CT molecular complexity index is 4010. The predicted molar refractivity (Wildman–Crippen MR) is 309 cm³/mol. The number of aryl methyl sites for hydroxylation is 1. The highest BCUT2D eigenvalue weighted by Crippen LogP contribution is 2.60. The maximum Gasteiger partial charge on any atom is 0.178 e. The lowest BCUT2D eigenvalue weighted by atomic mass is 9.77. The molecule has 74 heavy (non-hydrogen) atoms. The molecule has 2 aliphatic carbocycles. The Morgan fingerprint density at radius 1 is 0.405 bits per heavy atom. The summed E-state index contributed by atoms with van der Waals surface area (Å²) in [6, 6.07) is 71.2. The van der Waals surface area contributed by atoms with Crippen LogP contribution in [0.2, 0.25) is 0 Å². The van der Waals surface area contributed by atoms with E-state index in [0.29, 0.717) is 0 Å². The smallest absolute Gasteiger partial charge is 0.178 e. The minimum atomic E-state index is -0.880. The molecule has 0 spiro atoms. The number of benzene rings is 10. The first-order valence-corrected chi connectivity index (χ1v) is 27.5. The van der Waals surface area contributed by atoms with Crippen molar-refractivity contribution in [1.82, 2.24) is 0 Å². The fourth-order valence-corrected chi connectivity index (χ4v) is 14.8. The van der Waals surface area contributed by atoms with Crippen molar-refractivity contribution in [3.05, 3.63) is 267 Å². The second-order valence-corrected chi connectivity index (χ2v) is 23.9.